The first kappa shape index (κ1) is 13.3. The first-order chi connectivity index (χ1) is 8.81. The first-order valence-corrected chi connectivity index (χ1v) is 7.09. The zero-order chi connectivity index (χ0) is 12.8. The lowest BCUT2D eigenvalue weighted by atomic mass is 10.0. The summed E-state index contributed by atoms with van der Waals surface area (Å²) in [4.78, 5) is 11.4. The van der Waals surface area contributed by atoms with Crippen molar-refractivity contribution >= 4 is 5.82 Å². The minimum Gasteiger partial charge on any atom is -0.353 e. The number of rotatable bonds is 5. The summed E-state index contributed by atoms with van der Waals surface area (Å²) in [6, 6.07) is 0.590. The number of aromatic nitrogens is 2. The third-order valence-corrected chi connectivity index (χ3v) is 3.50. The van der Waals surface area contributed by atoms with Gasteiger partial charge in [-0.3, -0.25) is 4.98 Å². The van der Waals surface area contributed by atoms with Crippen LogP contribution in [-0.2, 0) is 6.54 Å². The summed E-state index contributed by atoms with van der Waals surface area (Å²) in [7, 11) is 0. The summed E-state index contributed by atoms with van der Waals surface area (Å²) in [5, 5.41) is 3.37. The van der Waals surface area contributed by atoms with Crippen molar-refractivity contribution in [2.45, 2.75) is 52.1 Å². The van der Waals surface area contributed by atoms with Crippen molar-refractivity contribution < 1.29 is 0 Å². The zero-order valence-corrected chi connectivity index (χ0v) is 11.5. The van der Waals surface area contributed by atoms with Crippen molar-refractivity contribution in [3.05, 3.63) is 18.1 Å². The maximum absolute atomic E-state index is 4.72. The SMILES string of the molecule is CCCNCc1cncc(N2CCCCC2C)n1. The summed E-state index contributed by atoms with van der Waals surface area (Å²) in [5.74, 6) is 1.04. The molecule has 0 amide bonds. The molecule has 1 unspecified atom stereocenters. The highest BCUT2D eigenvalue weighted by atomic mass is 15.2. The Kier molecular flexibility index (Phi) is 4.93. The third-order valence-electron chi connectivity index (χ3n) is 3.50. The average molecular weight is 248 g/mol. The Morgan fingerprint density at radius 3 is 3.06 bits per heavy atom. The number of nitrogens with zero attached hydrogens (tertiary/aromatic N) is 3. The van der Waals surface area contributed by atoms with Crippen LogP contribution in [0.2, 0.25) is 0 Å². The zero-order valence-electron chi connectivity index (χ0n) is 11.5. The summed E-state index contributed by atoms with van der Waals surface area (Å²) >= 11 is 0. The molecule has 1 saturated heterocycles. The molecule has 4 heteroatoms. The molecule has 1 N–H and O–H groups in total. The fourth-order valence-corrected chi connectivity index (χ4v) is 2.45. The Morgan fingerprint density at radius 1 is 1.39 bits per heavy atom. The van der Waals surface area contributed by atoms with Gasteiger partial charge in [-0.1, -0.05) is 6.92 Å². The van der Waals surface area contributed by atoms with Gasteiger partial charge in [0.25, 0.3) is 0 Å². The average Bonchev–Trinajstić information content (AvgIpc) is 2.40. The predicted octanol–water partition coefficient (Wildman–Crippen LogP) is 2.36. The van der Waals surface area contributed by atoms with E-state index in [-0.39, 0.29) is 0 Å². The Hall–Kier alpha value is -1.16. The molecule has 18 heavy (non-hydrogen) atoms. The molecule has 0 aliphatic carbocycles. The van der Waals surface area contributed by atoms with Crippen LogP contribution in [0, 0.1) is 0 Å². The van der Waals surface area contributed by atoms with E-state index < -0.39 is 0 Å². The largest absolute Gasteiger partial charge is 0.353 e. The normalized spacial score (nSPS) is 20.1. The lowest BCUT2D eigenvalue weighted by Gasteiger charge is -2.34. The van der Waals surface area contributed by atoms with E-state index >= 15 is 0 Å². The Morgan fingerprint density at radius 2 is 2.28 bits per heavy atom. The number of hydrogen-bond donors (Lipinski definition) is 1. The summed E-state index contributed by atoms with van der Waals surface area (Å²) in [5.41, 5.74) is 1.04. The van der Waals surface area contributed by atoms with Gasteiger partial charge in [0.1, 0.15) is 5.82 Å². The molecule has 1 aromatic rings. The molecule has 2 rings (SSSR count). The number of anilines is 1. The van der Waals surface area contributed by atoms with E-state index in [0.29, 0.717) is 6.04 Å². The van der Waals surface area contributed by atoms with Gasteiger partial charge < -0.3 is 10.2 Å². The Labute approximate surface area is 110 Å². The second-order valence-electron chi connectivity index (χ2n) is 5.08. The smallest absolute Gasteiger partial charge is 0.147 e. The fourth-order valence-electron chi connectivity index (χ4n) is 2.45. The predicted molar refractivity (Wildman–Crippen MR) is 74.7 cm³/mol. The van der Waals surface area contributed by atoms with E-state index in [0.717, 1.165) is 37.6 Å². The molecule has 1 fully saturated rings. The van der Waals surface area contributed by atoms with Gasteiger partial charge >= 0.3 is 0 Å². The molecule has 1 aliphatic rings. The van der Waals surface area contributed by atoms with Gasteiger partial charge in [0.05, 0.1) is 11.9 Å². The van der Waals surface area contributed by atoms with E-state index in [9.17, 15) is 0 Å². The first-order valence-electron chi connectivity index (χ1n) is 7.09. The summed E-state index contributed by atoms with van der Waals surface area (Å²) < 4.78 is 0. The maximum Gasteiger partial charge on any atom is 0.147 e. The van der Waals surface area contributed by atoms with Crippen LogP contribution in [0.25, 0.3) is 0 Å². The highest BCUT2D eigenvalue weighted by Crippen LogP contribution is 2.22. The highest BCUT2D eigenvalue weighted by Gasteiger charge is 2.19. The van der Waals surface area contributed by atoms with Crippen molar-refractivity contribution in [3.63, 3.8) is 0 Å². The van der Waals surface area contributed by atoms with Gasteiger partial charge in [0, 0.05) is 25.3 Å². The third kappa shape index (κ3) is 3.42. The molecule has 1 aromatic heterocycles. The van der Waals surface area contributed by atoms with Crippen LogP contribution in [0.4, 0.5) is 5.82 Å². The fraction of sp³-hybridized carbons (Fsp3) is 0.714. The minimum atomic E-state index is 0.590. The molecule has 0 spiro atoms. The molecule has 1 aliphatic heterocycles. The van der Waals surface area contributed by atoms with E-state index in [1.54, 1.807) is 0 Å². The molecular formula is C14H24N4. The Bertz CT molecular complexity index is 367. The number of nitrogens with one attached hydrogen (secondary N) is 1. The van der Waals surface area contributed by atoms with Crippen molar-refractivity contribution in [2.24, 2.45) is 0 Å². The van der Waals surface area contributed by atoms with Crippen molar-refractivity contribution in [3.8, 4) is 0 Å². The number of piperidine rings is 1. The molecule has 100 valence electrons. The van der Waals surface area contributed by atoms with Gasteiger partial charge in [-0.05, 0) is 39.2 Å². The van der Waals surface area contributed by atoms with Gasteiger partial charge in [-0.15, -0.1) is 0 Å². The minimum absolute atomic E-state index is 0.590. The van der Waals surface area contributed by atoms with E-state index in [1.807, 2.05) is 12.4 Å². The summed E-state index contributed by atoms with van der Waals surface area (Å²) in [6.45, 7) is 7.41. The Balaban J connectivity index is 2.01. The molecule has 1 atom stereocenters. The monoisotopic (exact) mass is 248 g/mol. The van der Waals surface area contributed by atoms with E-state index in [1.165, 1.54) is 19.3 Å². The van der Waals surface area contributed by atoms with Gasteiger partial charge in [-0.25, -0.2) is 4.98 Å². The highest BCUT2D eigenvalue weighted by molar-refractivity contribution is 5.38. The van der Waals surface area contributed by atoms with Crippen molar-refractivity contribution in [1.29, 1.82) is 0 Å². The quantitative estimate of drug-likeness (QED) is 0.812. The standard InChI is InChI=1S/C14H24N4/c1-3-7-15-9-13-10-16-11-14(17-13)18-8-5-4-6-12(18)2/h10-12,15H,3-9H2,1-2H3. The van der Waals surface area contributed by atoms with Crippen LogP contribution in [0.5, 0.6) is 0 Å². The number of hydrogen-bond acceptors (Lipinski definition) is 4. The van der Waals surface area contributed by atoms with Crippen LogP contribution in [0.1, 0.15) is 45.2 Å². The second kappa shape index (κ2) is 6.69. The van der Waals surface area contributed by atoms with Crippen molar-refractivity contribution in [1.82, 2.24) is 15.3 Å². The van der Waals surface area contributed by atoms with Gasteiger partial charge in [0.15, 0.2) is 0 Å². The van der Waals surface area contributed by atoms with Crippen LogP contribution in [0.15, 0.2) is 12.4 Å². The van der Waals surface area contributed by atoms with Crippen molar-refractivity contribution in [2.75, 3.05) is 18.0 Å². The van der Waals surface area contributed by atoms with E-state index in [2.05, 4.69) is 29.0 Å². The molecule has 0 saturated carbocycles. The van der Waals surface area contributed by atoms with Crippen LogP contribution < -0.4 is 10.2 Å². The van der Waals surface area contributed by atoms with Gasteiger partial charge in [-0.2, -0.15) is 0 Å². The molecule has 4 nitrogen and oxygen atoms in total. The molecule has 2 heterocycles. The lowest BCUT2D eigenvalue weighted by molar-refractivity contribution is 0.480. The van der Waals surface area contributed by atoms with Crippen LogP contribution in [0.3, 0.4) is 0 Å². The van der Waals surface area contributed by atoms with E-state index in [4.69, 9.17) is 4.98 Å². The summed E-state index contributed by atoms with van der Waals surface area (Å²) in [6.07, 6.45) is 8.77. The molecule has 0 bridgehead atoms. The second-order valence-corrected chi connectivity index (χ2v) is 5.08. The van der Waals surface area contributed by atoms with Gasteiger partial charge in [0.2, 0.25) is 0 Å². The molecule has 0 aromatic carbocycles. The lowest BCUT2D eigenvalue weighted by Crippen LogP contribution is -2.38. The van der Waals surface area contributed by atoms with Crippen LogP contribution >= 0.6 is 0 Å². The topological polar surface area (TPSA) is 41.1 Å². The molecule has 0 radical (unpaired) electrons. The van der Waals surface area contributed by atoms with Crippen LogP contribution in [-0.4, -0.2) is 29.1 Å². The molecular weight excluding hydrogens is 224 g/mol. The maximum atomic E-state index is 4.72.